The SMILES string of the molecule is COc1ccc(CN(C)C(=O)c2ccccc2NS(=O)(=O)c2ccc(F)cc2)cc1F. The van der Waals surface area contributed by atoms with Gasteiger partial charge in [-0.2, -0.15) is 0 Å². The van der Waals surface area contributed by atoms with Crippen LogP contribution in [-0.2, 0) is 16.6 Å². The number of rotatable bonds is 7. The molecule has 0 heterocycles. The first-order chi connectivity index (χ1) is 14.7. The van der Waals surface area contributed by atoms with Crippen LogP contribution in [0.3, 0.4) is 0 Å². The van der Waals surface area contributed by atoms with Gasteiger partial charge in [0.05, 0.1) is 23.3 Å². The molecular weight excluding hydrogens is 426 g/mol. The number of methoxy groups -OCH3 is 1. The zero-order valence-electron chi connectivity index (χ0n) is 16.8. The van der Waals surface area contributed by atoms with Gasteiger partial charge in [-0.25, -0.2) is 17.2 Å². The largest absolute Gasteiger partial charge is 0.494 e. The van der Waals surface area contributed by atoms with Crippen molar-refractivity contribution in [3.63, 3.8) is 0 Å². The summed E-state index contributed by atoms with van der Waals surface area (Å²) in [6, 6.07) is 14.8. The van der Waals surface area contributed by atoms with Crippen molar-refractivity contribution in [3.8, 4) is 5.75 Å². The van der Waals surface area contributed by atoms with Crippen LogP contribution in [0.25, 0.3) is 0 Å². The van der Waals surface area contributed by atoms with Crippen molar-refractivity contribution in [3.05, 3.63) is 89.5 Å². The molecule has 1 amide bonds. The Labute approximate surface area is 179 Å². The van der Waals surface area contributed by atoms with E-state index in [9.17, 15) is 22.0 Å². The second-order valence-electron chi connectivity index (χ2n) is 6.74. The number of anilines is 1. The first kappa shape index (κ1) is 22.2. The molecule has 0 aliphatic heterocycles. The van der Waals surface area contributed by atoms with Gasteiger partial charge in [-0.1, -0.05) is 18.2 Å². The zero-order valence-corrected chi connectivity index (χ0v) is 17.6. The van der Waals surface area contributed by atoms with Gasteiger partial charge in [-0.3, -0.25) is 9.52 Å². The number of carbonyl (C=O) groups excluding carboxylic acids is 1. The highest BCUT2D eigenvalue weighted by atomic mass is 32.2. The highest BCUT2D eigenvalue weighted by Gasteiger charge is 2.21. The normalized spacial score (nSPS) is 11.1. The lowest BCUT2D eigenvalue weighted by Crippen LogP contribution is -2.27. The molecule has 0 bridgehead atoms. The number of nitrogens with one attached hydrogen (secondary N) is 1. The van der Waals surface area contributed by atoms with Crippen LogP contribution in [0, 0.1) is 11.6 Å². The summed E-state index contributed by atoms with van der Waals surface area (Å²) in [7, 11) is -1.15. The molecule has 0 aromatic heterocycles. The van der Waals surface area contributed by atoms with E-state index >= 15 is 0 Å². The molecule has 0 aliphatic rings. The van der Waals surface area contributed by atoms with Crippen LogP contribution in [0.5, 0.6) is 5.75 Å². The highest BCUT2D eigenvalue weighted by molar-refractivity contribution is 7.92. The van der Waals surface area contributed by atoms with Crippen LogP contribution in [0.4, 0.5) is 14.5 Å². The first-order valence-electron chi connectivity index (χ1n) is 9.16. The lowest BCUT2D eigenvalue weighted by atomic mass is 10.1. The van der Waals surface area contributed by atoms with E-state index in [0.29, 0.717) is 5.56 Å². The lowest BCUT2D eigenvalue weighted by molar-refractivity contribution is 0.0786. The number of hydrogen-bond acceptors (Lipinski definition) is 4. The quantitative estimate of drug-likeness (QED) is 0.594. The van der Waals surface area contributed by atoms with Crippen LogP contribution in [0.2, 0.25) is 0 Å². The van der Waals surface area contributed by atoms with Gasteiger partial charge in [0.1, 0.15) is 5.82 Å². The van der Waals surface area contributed by atoms with E-state index < -0.39 is 27.6 Å². The fourth-order valence-corrected chi connectivity index (χ4v) is 4.02. The topological polar surface area (TPSA) is 75.7 Å². The summed E-state index contributed by atoms with van der Waals surface area (Å²) in [5.41, 5.74) is 0.729. The summed E-state index contributed by atoms with van der Waals surface area (Å²) in [6.45, 7) is 0.0960. The van der Waals surface area contributed by atoms with E-state index in [1.807, 2.05) is 0 Å². The maximum atomic E-state index is 13.9. The van der Waals surface area contributed by atoms with Gasteiger partial charge in [0, 0.05) is 13.6 Å². The number of hydrogen-bond donors (Lipinski definition) is 1. The highest BCUT2D eigenvalue weighted by Crippen LogP contribution is 2.23. The number of nitrogens with zero attached hydrogens (tertiary/aromatic N) is 1. The molecule has 1 N–H and O–H groups in total. The summed E-state index contributed by atoms with van der Waals surface area (Å²) in [5, 5.41) is 0. The second kappa shape index (κ2) is 9.13. The van der Waals surface area contributed by atoms with Gasteiger partial charge in [0.25, 0.3) is 15.9 Å². The van der Waals surface area contributed by atoms with Crippen molar-refractivity contribution in [2.45, 2.75) is 11.4 Å². The molecule has 3 aromatic rings. The minimum atomic E-state index is -4.03. The fourth-order valence-electron chi connectivity index (χ4n) is 2.94. The standard InChI is InChI=1S/C22H20F2N2O4S/c1-26(14-15-7-12-21(30-2)19(24)13-15)22(27)18-5-3-4-6-20(18)25-31(28,29)17-10-8-16(23)9-11-17/h3-13,25H,14H2,1-2H3. The van der Waals surface area contributed by atoms with Gasteiger partial charge in [0.2, 0.25) is 0 Å². The molecule has 0 fully saturated rings. The van der Waals surface area contributed by atoms with Crippen LogP contribution in [-0.4, -0.2) is 33.4 Å². The van der Waals surface area contributed by atoms with E-state index in [2.05, 4.69) is 4.72 Å². The smallest absolute Gasteiger partial charge is 0.261 e. The van der Waals surface area contributed by atoms with Crippen LogP contribution >= 0.6 is 0 Å². The summed E-state index contributed by atoms with van der Waals surface area (Å²) < 4.78 is 59.6. The number of carbonyl (C=O) groups is 1. The Kier molecular flexibility index (Phi) is 6.55. The molecule has 0 spiro atoms. The third-order valence-electron chi connectivity index (χ3n) is 4.51. The molecule has 162 valence electrons. The van der Waals surface area contributed by atoms with Gasteiger partial charge in [0.15, 0.2) is 11.6 Å². The third-order valence-corrected chi connectivity index (χ3v) is 5.89. The van der Waals surface area contributed by atoms with Crippen molar-refractivity contribution in [1.82, 2.24) is 4.90 Å². The number of para-hydroxylation sites is 1. The molecule has 6 nitrogen and oxygen atoms in total. The second-order valence-corrected chi connectivity index (χ2v) is 8.42. The number of sulfonamides is 1. The van der Waals surface area contributed by atoms with E-state index in [4.69, 9.17) is 4.74 Å². The van der Waals surface area contributed by atoms with E-state index in [0.717, 1.165) is 24.3 Å². The monoisotopic (exact) mass is 446 g/mol. The molecule has 31 heavy (non-hydrogen) atoms. The fraction of sp³-hybridized carbons (Fsp3) is 0.136. The average molecular weight is 446 g/mol. The molecule has 0 saturated carbocycles. The zero-order chi connectivity index (χ0) is 22.6. The Morgan fingerprint density at radius 3 is 2.35 bits per heavy atom. The Morgan fingerprint density at radius 2 is 1.71 bits per heavy atom. The van der Waals surface area contributed by atoms with Gasteiger partial charge in [-0.05, 0) is 54.1 Å². The molecule has 0 atom stereocenters. The Balaban J connectivity index is 1.82. The van der Waals surface area contributed by atoms with Crippen LogP contribution in [0.15, 0.2) is 71.6 Å². The first-order valence-corrected chi connectivity index (χ1v) is 10.6. The molecule has 9 heteroatoms. The van der Waals surface area contributed by atoms with Gasteiger partial charge >= 0.3 is 0 Å². The number of ether oxygens (including phenoxy) is 1. The van der Waals surface area contributed by atoms with E-state index in [-0.39, 0.29) is 28.4 Å². The number of halogens is 2. The van der Waals surface area contributed by atoms with Gasteiger partial charge in [-0.15, -0.1) is 0 Å². The van der Waals surface area contributed by atoms with Crippen molar-refractivity contribution >= 4 is 21.6 Å². The Bertz CT molecular complexity index is 1200. The van der Waals surface area contributed by atoms with Crippen LogP contribution < -0.4 is 9.46 Å². The van der Waals surface area contributed by atoms with Crippen LogP contribution in [0.1, 0.15) is 15.9 Å². The minimum Gasteiger partial charge on any atom is -0.494 e. The average Bonchev–Trinajstić information content (AvgIpc) is 2.74. The predicted octanol–water partition coefficient (Wildman–Crippen LogP) is 4.05. The van der Waals surface area contributed by atoms with Crippen molar-refractivity contribution in [1.29, 1.82) is 0 Å². The Hall–Kier alpha value is -3.46. The maximum Gasteiger partial charge on any atom is 0.261 e. The molecule has 0 unspecified atom stereocenters. The molecule has 0 radical (unpaired) electrons. The summed E-state index contributed by atoms with van der Waals surface area (Å²) in [6.07, 6.45) is 0. The van der Waals surface area contributed by atoms with Crippen molar-refractivity contribution < 1.29 is 26.7 Å². The number of amides is 1. The lowest BCUT2D eigenvalue weighted by Gasteiger charge is -2.20. The maximum absolute atomic E-state index is 13.9. The van der Waals surface area contributed by atoms with Crippen molar-refractivity contribution in [2.75, 3.05) is 18.9 Å². The molecule has 3 aromatic carbocycles. The molecule has 0 saturated heterocycles. The summed E-state index contributed by atoms with van der Waals surface area (Å²) >= 11 is 0. The Morgan fingerprint density at radius 1 is 1.03 bits per heavy atom. The molecular formula is C22H20F2N2O4S. The third kappa shape index (κ3) is 5.18. The molecule has 0 aliphatic carbocycles. The minimum absolute atomic E-state index is 0.0737. The van der Waals surface area contributed by atoms with E-state index in [1.165, 1.54) is 43.3 Å². The van der Waals surface area contributed by atoms with Crippen molar-refractivity contribution in [2.24, 2.45) is 0 Å². The number of benzene rings is 3. The summed E-state index contributed by atoms with van der Waals surface area (Å²) in [4.78, 5) is 14.2. The summed E-state index contributed by atoms with van der Waals surface area (Å²) in [5.74, 6) is -1.48. The molecule has 3 rings (SSSR count). The van der Waals surface area contributed by atoms with E-state index in [1.54, 1.807) is 18.2 Å². The van der Waals surface area contributed by atoms with Gasteiger partial charge < -0.3 is 9.64 Å². The predicted molar refractivity (Wildman–Crippen MR) is 112 cm³/mol.